The summed E-state index contributed by atoms with van der Waals surface area (Å²) in [4.78, 5) is 0. The SMILES string of the molecule is Cc1nnn2c(C3CCCCN3)cccc12. The molecule has 3 heterocycles. The number of nitrogens with one attached hydrogen (secondary N) is 1. The Morgan fingerprint density at radius 2 is 2.31 bits per heavy atom. The van der Waals surface area contributed by atoms with Gasteiger partial charge in [-0.05, 0) is 38.4 Å². The Bertz CT molecular complexity index is 497. The minimum Gasteiger partial charge on any atom is -0.309 e. The number of fused-ring (bicyclic) bond motifs is 1. The molecule has 4 nitrogen and oxygen atoms in total. The van der Waals surface area contributed by atoms with E-state index in [1.54, 1.807) is 0 Å². The highest BCUT2D eigenvalue weighted by Gasteiger charge is 2.18. The molecule has 16 heavy (non-hydrogen) atoms. The molecule has 1 N–H and O–H groups in total. The lowest BCUT2D eigenvalue weighted by Gasteiger charge is -2.23. The molecular formula is C12H16N4. The van der Waals surface area contributed by atoms with E-state index in [1.807, 2.05) is 11.4 Å². The average molecular weight is 216 g/mol. The molecule has 0 saturated carbocycles. The summed E-state index contributed by atoms with van der Waals surface area (Å²) in [6.07, 6.45) is 3.77. The van der Waals surface area contributed by atoms with Gasteiger partial charge < -0.3 is 5.32 Å². The molecule has 1 atom stereocenters. The number of rotatable bonds is 1. The summed E-state index contributed by atoms with van der Waals surface area (Å²) < 4.78 is 1.97. The molecule has 1 aliphatic rings. The molecule has 0 spiro atoms. The van der Waals surface area contributed by atoms with Crippen molar-refractivity contribution in [3.63, 3.8) is 0 Å². The maximum absolute atomic E-state index is 4.22. The third-order valence-corrected chi connectivity index (χ3v) is 3.32. The van der Waals surface area contributed by atoms with E-state index in [4.69, 9.17) is 0 Å². The summed E-state index contributed by atoms with van der Waals surface area (Å²) in [5.41, 5.74) is 3.35. The number of aromatic nitrogens is 3. The predicted octanol–water partition coefficient (Wildman–Crippen LogP) is 1.85. The second-order valence-corrected chi connectivity index (χ2v) is 4.43. The highest BCUT2D eigenvalue weighted by Crippen LogP contribution is 2.23. The quantitative estimate of drug-likeness (QED) is 0.791. The third-order valence-electron chi connectivity index (χ3n) is 3.32. The Balaban J connectivity index is 2.08. The zero-order chi connectivity index (χ0) is 11.0. The Hall–Kier alpha value is -1.42. The van der Waals surface area contributed by atoms with Gasteiger partial charge in [-0.3, -0.25) is 0 Å². The first kappa shape index (κ1) is 9.78. The van der Waals surface area contributed by atoms with Gasteiger partial charge in [0.25, 0.3) is 0 Å². The van der Waals surface area contributed by atoms with Crippen LogP contribution in [0.15, 0.2) is 18.2 Å². The molecule has 1 aliphatic heterocycles. The van der Waals surface area contributed by atoms with Gasteiger partial charge in [-0.15, -0.1) is 5.10 Å². The van der Waals surface area contributed by atoms with Crippen molar-refractivity contribution in [3.8, 4) is 0 Å². The van der Waals surface area contributed by atoms with Crippen molar-refractivity contribution < 1.29 is 0 Å². The van der Waals surface area contributed by atoms with Crippen molar-refractivity contribution in [1.82, 2.24) is 20.1 Å². The van der Waals surface area contributed by atoms with Crippen molar-refractivity contribution in [3.05, 3.63) is 29.6 Å². The minimum atomic E-state index is 0.429. The first-order valence-electron chi connectivity index (χ1n) is 5.90. The van der Waals surface area contributed by atoms with Crippen LogP contribution in [0.3, 0.4) is 0 Å². The largest absolute Gasteiger partial charge is 0.309 e. The maximum Gasteiger partial charge on any atom is 0.0898 e. The van der Waals surface area contributed by atoms with E-state index in [2.05, 4.69) is 33.8 Å². The van der Waals surface area contributed by atoms with E-state index in [0.717, 1.165) is 17.8 Å². The number of pyridine rings is 1. The van der Waals surface area contributed by atoms with Crippen LogP contribution in [0.5, 0.6) is 0 Å². The predicted molar refractivity (Wildman–Crippen MR) is 62.3 cm³/mol. The molecule has 0 radical (unpaired) electrons. The molecule has 3 rings (SSSR count). The smallest absolute Gasteiger partial charge is 0.0898 e. The van der Waals surface area contributed by atoms with E-state index in [0.29, 0.717) is 6.04 Å². The molecule has 0 amide bonds. The fraction of sp³-hybridized carbons (Fsp3) is 0.500. The van der Waals surface area contributed by atoms with Crippen molar-refractivity contribution in [2.24, 2.45) is 0 Å². The minimum absolute atomic E-state index is 0.429. The molecule has 0 aromatic carbocycles. The van der Waals surface area contributed by atoms with Crippen LogP contribution in [0.2, 0.25) is 0 Å². The van der Waals surface area contributed by atoms with Crippen LogP contribution in [0, 0.1) is 6.92 Å². The van der Waals surface area contributed by atoms with E-state index in [-0.39, 0.29) is 0 Å². The Morgan fingerprint density at radius 1 is 1.38 bits per heavy atom. The molecule has 1 unspecified atom stereocenters. The molecule has 1 saturated heterocycles. The number of piperidine rings is 1. The summed E-state index contributed by atoms with van der Waals surface area (Å²) in [5, 5.41) is 11.9. The molecule has 84 valence electrons. The summed E-state index contributed by atoms with van der Waals surface area (Å²) >= 11 is 0. The molecule has 2 aromatic rings. The van der Waals surface area contributed by atoms with Crippen LogP contribution < -0.4 is 5.32 Å². The number of nitrogens with zero attached hydrogens (tertiary/aromatic N) is 3. The van der Waals surface area contributed by atoms with Gasteiger partial charge in [0, 0.05) is 6.04 Å². The highest BCUT2D eigenvalue weighted by molar-refractivity contribution is 5.50. The normalized spacial score (nSPS) is 21.4. The topological polar surface area (TPSA) is 42.2 Å². The van der Waals surface area contributed by atoms with Crippen LogP contribution in [-0.2, 0) is 0 Å². The highest BCUT2D eigenvalue weighted by atomic mass is 15.4. The molecule has 2 aromatic heterocycles. The first-order chi connectivity index (χ1) is 7.86. The molecule has 0 aliphatic carbocycles. The fourth-order valence-electron chi connectivity index (χ4n) is 2.42. The Morgan fingerprint density at radius 3 is 3.12 bits per heavy atom. The van der Waals surface area contributed by atoms with Crippen molar-refractivity contribution in [1.29, 1.82) is 0 Å². The average Bonchev–Trinajstić information content (AvgIpc) is 2.73. The molecule has 4 heteroatoms. The summed E-state index contributed by atoms with van der Waals surface area (Å²) in [7, 11) is 0. The summed E-state index contributed by atoms with van der Waals surface area (Å²) in [5.74, 6) is 0. The van der Waals surface area contributed by atoms with Crippen LogP contribution >= 0.6 is 0 Å². The van der Waals surface area contributed by atoms with Gasteiger partial charge >= 0.3 is 0 Å². The monoisotopic (exact) mass is 216 g/mol. The second kappa shape index (κ2) is 3.87. The van der Waals surface area contributed by atoms with Crippen molar-refractivity contribution in [2.75, 3.05) is 6.54 Å². The van der Waals surface area contributed by atoms with Gasteiger partial charge in [0.05, 0.1) is 16.9 Å². The van der Waals surface area contributed by atoms with E-state index >= 15 is 0 Å². The van der Waals surface area contributed by atoms with Crippen molar-refractivity contribution >= 4 is 5.52 Å². The lowest BCUT2D eigenvalue weighted by molar-refractivity contribution is 0.399. The standard InChI is InChI=1S/C12H16N4/c1-9-11-6-4-7-12(16(11)15-14-9)10-5-2-3-8-13-10/h4,6-7,10,13H,2-3,5,8H2,1H3. The number of hydrogen-bond acceptors (Lipinski definition) is 3. The van der Waals surface area contributed by atoms with Crippen LogP contribution in [0.4, 0.5) is 0 Å². The van der Waals surface area contributed by atoms with Crippen LogP contribution in [-0.4, -0.2) is 21.4 Å². The summed E-state index contributed by atoms with van der Waals surface area (Å²) in [6.45, 7) is 3.11. The molecular weight excluding hydrogens is 200 g/mol. The van der Waals surface area contributed by atoms with E-state index < -0.39 is 0 Å². The Kier molecular flexibility index (Phi) is 2.36. The van der Waals surface area contributed by atoms with E-state index in [1.165, 1.54) is 25.0 Å². The van der Waals surface area contributed by atoms with Gasteiger partial charge in [-0.1, -0.05) is 17.7 Å². The van der Waals surface area contributed by atoms with Crippen LogP contribution in [0.25, 0.3) is 5.52 Å². The summed E-state index contributed by atoms with van der Waals surface area (Å²) in [6, 6.07) is 6.74. The van der Waals surface area contributed by atoms with Crippen molar-refractivity contribution in [2.45, 2.75) is 32.2 Å². The van der Waals surface area contributed by atoms with E-state index in [9.17, 15) is 0 Å². The maximum atomic E-state index is 4.22. The second-order valence-electron chi connectivity index (χ2n) is 4.43. The number of aryl methyl sites for hydroxylation is 1. The number of hydrogen-bond donors (Lipinski definition) is 1. The van der Waals surface area contributed by atoms with Gasteiger partial charge in [0.15, 0.2) is 0 Å². The van der Waals surface area contributed by atoms with Gasteiger partial charge in [0.1, 0.15) is 0 Å². The third kappa shape index (κ3) is 1.50. The lowest BCUT2D eigenvalue weighted by Crippen LogP contribution is -2.28. The van der Waals surface area contributed by atoms with Gasteiger partial charge in [-0.25, -0.2) is 4.52 Å². The molecule has 1 fully saturated rings. The molecule has 0 bridgehead atoms. The van der Waals surface area contributed by atoms with Gasteiger partial charge in [0.2, 0.25) is 0 Å². The fourth-order valence-corrected chi connectivity index (χ4v) is 2.42. The zero-order valence-corrected chi connectivity index (χ0v) is 9.48. The first-order valence-corrected chi connectivity index (χ1v) is 5.90. The van der Waals surface area contributed by atoms with Gasteiger partial charge in [-0.2, -0.15) is 0 Å². The lowest BCUT2D eigenvalue weighted by atomic mass is 10.0. The van der Waals surface area contributed by atoms with Crippen LogP contribution in [0.1, 0.15) is 36.7 Å². The zero-order valence-electron chi connectivity index (χ0n) is 9.48. The Labute approximate surface area is 94.7 Å².